The Bertz CT molecular complexity index is 929. The number of halogens is 1. The minimum Gasteiger partial charge on any atom is -0.368 e. The summed E-state index contributed by atoms with van der Waals surface area (Å²) in [5, 5.41) is 13.9. The third kappa shape index (κ3) is 4.76. The van der Waals surface area contributed by atoms with E-state index < -0.39 is 5.79 Å². The Morgan fingerprint density at radius 2 is 2.00 bits per heavy atom. The van der Waals surface area contributed by atoms with Crippen LogP contribution in [0.4, 0.5) is 17.5 Å². The van der Waals surface area contributed by atoms with Gasteiger partial charge in [-0.05, 0) is 37.0 Å². The molecule has 0 saturated heterocycles. The molecule has 0 radical (unpaired) electrons. The molecule has 30 heavy (non-hydrogen) atoms. The van der Waals surface area contributed by atoms with Gasteiger partial charge in [-0.1, -0.05) is 37.6 Å². The van der Waals surface area contributed by atoms with Crippen molar-refractivity contribution in [3.05, 3.63) is 40.0 Å². The van der Waals surface area contributed by atoms with Crippen molar-refractivity contribution in [1.82, 2.24) is 15.3 Å². The van der Waals surface area contributed by atoms with Crippen LogP contribution in [0.1, 0.15) is 43.5 Å². The first-order valence-electron chi connectivity index (χ1n) is 10.4. The van der Waals surface area contributed by atoms with Crippen molar-refractivity contribution in [2.75, 3.05) is 36.1 Å². The van der Waals surface area contributed by atoms with Crippen molar-refractivity contribution >= 4 is 34.9 Å². The first-order valence-corrected chi connectivity index (χ1v) is 10.8. The molecule has 2 heterocycles. The minimum absolute atomic E-state index is 0.505. The molecule has 0 saturated carbocycles. The molecule has 1 aromatic heterocycles. The average Bonchev–Trinajstić information content (AvgIpc) is 2.73. The van der Waals surface area contributed by atoms with Crippen LogP contribution in [-0.4, -0.2) is 41.7 Å². The van der Waals surface area contributed by atoms with Gasteiger partial charge in [-0.2, -0.15) is 4.98 Å². The number of fused-ring (bicyclic) bond motifs is 1. The van der Waals surface area contributed by atoms with E-state index in [1.165, 1.54) is 0 Å². The first kappa shape index (κ1) is 22.1. The van der Waals surface area contributed by atoms with Crippen LogP contribution in [-0.2, 0) is 6.42 Å². The van der Waals surface area contributed by atoms with Crippen molar-refractivity contribution < 1.29 is 0 Å². The van der Waals surface area contributed by atoms with E-state index in [1.54, 1.807) is 7.05 Å². The summed E-state index contributed by atoms with van der Waals surface area (Å²) in [6.07, 6.45) is 2.40. The molecule has 1 unspecified atom stereocenters. The molecule has 0 spiro atoms. The van der Waals surface area contributed by atoms with E-state index >= 15 is 0 Å². The van der Waals surface area contributed by atoms with Crippen molar-refractivity contribution in [3.63, 3.8) is 0 Å². The van der Waals surface area contributed by atoms with Crippen LogP contribution in [0.5, 0.6) is 0 Å². The van der Waals surface area contributed by atoms with E-state index in [9.17, 15) is 0 Å². The number of hydrogen-bond acceptors (Lipinski definition) is 7. The van der Waals surface area contributed by atoms with Crippen molar-refractivity contribution in [1.29, 1.82) is 0 Å². The lowest BCUT2D eigenvalue weighted by Crippen LogP contribution is -2.66. The zero-order valence-electron chi connectivity index (χ0n) is 18.1. The number of nitrogens with one attached hydrogen (secondary N) is 4. The van der Waals surface area contributed by atoms with Crippen molar-refractivity contribution in [2.45, 2.75) is 45.8 Å². The molecule has 1 aromatic carbocycles. The molecule has 0 aliphatic carbocycles. The SMILES string of the molecule is CCCN=C1NC(N)(Cc2cccc(Cl)c2C)Nc2c(NCCC)nc(NC)nc21. The minimum atomic E-state index is -0.970. The van der Waals surface area contributed by atoms with Gasteiger partial charge in [0.1, 0.15) is 11.4 Å². The molecule has 9 heteroatoms. The summed E-state index contributed by atoms with van der Waals surface area (Å²) in [4.78, 5) is 14.0. The predicted octanol–water partition coefficient (Wildman–Crippen LogP) is 3.33. The van der Waals surface area contributed by atoms with Gasteiger partial charge < -0.3 is 21.3 Å². The van der Waals surface area contributed by atoms with Crippen LogP contribution < -0.4 is 27.0 Å². The number of aromatic nitrogens is 2. The fourth-order valence-electron chi connectivity index (χ4n) is 3.33. The molecular formula is C21H31ClN8. The molecule has 2 aromatic rings. The van der Waals surface area contributed by atoms with Crippen LogP contribution in [0, 0.1) is 6.92 Å². The van der Waals surface area contributed by atoms with Crippen LogP contribution in [0.25, 0.3) is 0 Å². The zero-order valence-corrected chi connectivity index (χ0v) is 18.8. The summed E-state index contributed by atoms with van der Waals surface area (Å²) in [6.45, 7) is 7.65. The van der Waals surface area contributed by atoms with Crippen LogP contribution in [0.15, 0.2) is 23.2 Å². The highest BCUT2D eigenvalue weighted by molar-refractivity contribution is 6.31. The molecule has 3 rings (SSSR count). The largest absolute Gasteiger partial charge is 0.368 e. The average molecular weight is 431 g/mol. The van der Waals surface area contributed by atoms with E-state index in [4.69, 9.17) is 22.3 Å². The Balaban J connectivity index is 2.06. The topological polar surface area (TPSA) is 112 Å². The number of nitrogens with zero attached hydrogens (tertiary/aromatic N) is 3. The summed E-state index contributed by atoms with van der Waals surface area (Å²) in [5.74, 6) is 0.915. The molecule has 1 aliphatic heterocycles. The van der Waals surface area contributed by atoms with E-state index in [0.717, 1.165) is 41.2 Å². The lowest BCUT2D eigenvalue weighted by Gasteiger charge is -2.39. The third-order valence-electron chi connectivity index (χ3n) is 4.93. The number of amidine groups is 1. The number of benzene rings is 1. The molecule has 8 nitrogen and oxygen atoms in total. The van der Waals surface area contributed by atoms with Crippen LogP contribution in [0.2, 0.25) is 5.02 Å². The standard InChI is InChI=1S/C21H31ClN8/c1-5-10-25-18-17-16(27-20(24-4)28-18)19(26-11-6-2)30-21(23,29-17)12-14-8-7-9-15(22)13(14)3/h7-9,29H,5-6,10-12,23H2,1-4H3,(H,26,30)(H2,24,25,27,28). The second-order valence-corrected chi connectivity index (χ2v) is 7.86. The number of nitrogens with two attached hydrogens (primary N) is 1. The molecule has 0 amide bonds. The second-order valence-electron chi connectivity index (χ2n) is 7.45. The maximum atomic E-state index is 6.81. The van der Waals surface area contributed by atoms with Gasteiger partial charge in [-0.25, -0.2) is 4.98 Å². The molecule has 0 fully saturated rings. The van der Waals surface area contributed by atoms with Gasteiger partial charge in [-0.15, -0.1) is 0 Å². The van der Waals surface area contributed by atoms with Gasteiger partial charge in [0, 0.05) is 31.6 Å². The van der Waals surface area contributed by atoms with Crippen molar-refractivity contribution in [3.8, 4) is 0 Å². The van der Waals surface area contributed by atoms with Gasteiger partial charge in [0.15, 0.2) is 17.4 Å². The molecule has 0 bridgehead atoms. The summed E-state index contributed by atoms with van der Waals surface area (Å²) in [6, 6.07) is 5.86. The lowest BCUT2D eigenvalue weighted by atomic mass is 9.99. The second kappa shape index (κ2) is 9.49. The highest BCUT2D eigenvalue weighted by atomic mass is 35.5. The first-order chi connectivity index (χ1) is 14.4. The van der Waals surface area contributed by atoms with Gasteiger partial charge in [0.05, 0.1) is 0 Å². The fourth-order valence-corrected chi connectivity index (χ4v) is 3.52. The van der Waals surface area contributed by atoms with Gasteiger partial charge in [-0.3, -0.25) is 10.7 Å². The molecule has 1 atom stereocenters. The van der Waals surface area contributed by atoms with E-state index in [0.29, 0.717) is 36.3 Å². The maximum Gasteiger partial charge on any atom is 0.225 e. The molecule has 162 valence electrons. The van der Waals surface area contributed by atoms with Crippen molar-refractivity contribution in [2.24, 2.45) is 10.7 Å². The number of rotatable bonds is 8. The van der Waals surface area contributed by atoms with Gasteiger partial charge >= 0.3 is 0 Å². The van der Waals surface area contributed by atoms with Crippen LogP contribution >= 0.6 is 11.6 Å². The Kier molecular flexibility index (Phi) is 6.99. The quantitative estimate of drug-likeness (QED) is 0.436. The Labute approximate surface area is 183 Å². The lowest BCUT2D eigenvalue weighted by molar-refractivity contribution is 0.439. The maximum absolute atomic E-state index is 6.81. The van der Waals surface area contributed by atoms with Crippen LogP contribution in [0.3, 0.4) is 0 Å². The highest BCUT2D eigenvalue weighted by Gasteiger charge is 2.36. The highest BCUT2D eigenvalue weighted by Crippen LogP contribution is 2.32. The molecule has 1 aliphatic rings. The monoisotopic (exact) mass is 430 g/mol. The summed E-state index contributed by atoms with van der Waals surface area (Å²) < 4.78 is 0. The molecule has 6 N–H and O–H groups in total. The van der Waals surface area contributed by atoms with E-state index in [-0.39, 0.29) is 0 Å². The fraction of sp³-hybridized carbons (Fsp3) is 0.476. The van der Waals surface area contributed by atoms with Gasteiger partial charge in [0.25, 0.3) is 0 Å². The Morgan fingerprint density at radius 3 is 2.70 bits per heavy atom. The molecular weight excluding hydrogens is 400 g/mol. The Morgan fingerprint density at radius 1 is 1.20 bits per heavy atom. The summed E-state index contributed by atoms with van der Waals surface area (Å²) in [7, 11) is 1.80. The third-order valence-corrected chi connectivity index (χ3v) is 5.34. The normalized spacial score (nSPS) is 19.1. The zero-order chi connectivity index (χ0) is 21.7. The van der Waals surface area contributed by atoms with E-state index in [1.807, 2.05) is 25.1 Å². The Hall–Kier alpha value is -2.58. The van der Waals surface area contributed by atoms with Gasteiger partial charge in [0.2, 0.25) is 5.95 Å². The predicted molar refractivity (Wildman–Crippen MR) is 126 cm³/mol. The number of hydrogen-bond donors (Lipinski definition) is 5. The summed E-state index contributed by atoms with van der Waals surface area (Å²) in [5.41, 5.74) is 10.3. The number of aliphatic imine (C=N–C) groups is 1. The number of anilines is 3. The van der Waals surface area contributed by atoms with E-state index in [2.05, 4.69) is 45.1 Å². The summed E-state index contributed by atoms with van der Waals surface area (Å²) >= 11 is 6.33. The smallest absolute Gasteiger partial charge is 0.225 e.